The van der Waals surface area contributed by atoms with Gasteiger partial charge >= 0.3 is 6.18 Å². The summed E-state index contributed by atoms with van der Waals surface area (Å²) in [4.78, 5) is 18.0. The predicted octanol–water partition coefficient (Wildman–Crippen LogP) is 4.69. The van der Waals surface area contributed by atoms with Crippen molar-refractivity contribution < 1.29 is 22.4 Å². The summed E-state index contributed by atoms with van der Waals surface area (Å²) in [5, 5.41) is 0.476. The molecule has 3 rings (SSSR count). The van der Waals surface area contributed by atoms with Crippen molar-refractivity contribution in [1.29, 1.82) is 0 Å². The standard InChI is InChI=1S/C19H15F3N2O2/c1-2-9-24(12-19(20,21)22)18(25)14-11-16(17-8-5-10-26-17)23-15-7-4-3-6-13(14)15/h2-8,10-11H,1,9,12H2. The van der Waals surface area contributed by atoms with E-state index in [-0.39, 0.29) is 12.1 Å². The summed E-state index contributed by atoms with van der Waals surface area (Å²) in [7, 11) is 0. The van der Waals surface area contributed by atoms with Crippen LogP contribution in [0.1, 0.15) is 10.4 Å². The molecule has 0 aliphatic rings. The number of para-hydroxylation sites is 1. The van der Waals surface area contributed by atoms with Gasteiger partial charge in [0, 0.05) is 11.9 Å². The number of halogens is 3. The quantitative estimate of drug-likeness (QED) is 0.621. The molecule has 0 atom stereocenters. The van der Waals surface area contributed by atoms with Crippen molar-refractivity contribution in [1.82, 2.24) is 9.88 Å². The minimum Gasteiger partial charge on any atom is -0.463 e. The van der Waals surface area contributed by atoms with Crippen LogP contribution in [0.15, 0.2) is 65.8 Å². The highest BCUT2D eigenvalue weighted by atomic mass is 19.4. The molecule has 0 saturated heterocycles. The van der Waals surface area contributed by atoms with E-state index in [9.17, 15) is 18.0 Å². The maximum Gasteiger partial charge on any atom is 0.406 e. The second-order valence-electron chi connectivity index (χ2n) is 5.64. The molecule has 2 aromatic heterocycles. The third kappa shape index (κ3) is 3.77. The van der Waals surface area contributed by atoms with Crippen LogP contribution in [0, 0.1) is 0 Å². The predicted molar refractivity (Wildman–Crippen MR) is 91.6 cm³/mol. The molecule has 0 bridgehead atoms. The number of amides is 1. The highest BCUT2D eigenvalue weighted by molar-refractivity contribution is 6.07. The average molecular weight is 360 g/mol. The Balaban J connectivity index is 2.12. The molecular weight excluding hydrogens is 345 g/mol. The molecule has 0 aliphatic carbocycles. The molecule has 0 unspecified atom stereocenters. The number of carbonyl (C=O) groups excluding carboxylic acids is 1. The molecule has 0 fully saturated rings. The fraction of sp³-hybridized carbons (Fsp3) is 0.158. The maximum atomic E-state index is 12.9. The van der Waals surface area contributed by atoms with Crippen LogP contribution < -0.4 is 0 Å². The van der Waals surface area contributed by atoms with E-state index in [1.165, 1.54) is 18.4 Å². The monoisotopic (exact) mass is 360 g/mol. The summed E-state index contributed by atoms with van der Waals surface area (Å²) in [6.07, 6.45) is -1.78. The van der Waals surface area contributed by atoms with Crippen LogP contribution in [0.3, 0.4) is 0 Å². The van der Waals surface area contributed by atoms with Crippen molar-refractivity contribution in [2.45, 2.75) is 6.18 Å². The van der Waals surface area contributed by atoms with Gasteiger partial charge in [0.2, 0.25) is 0 Å². The van der Waals surface area contributed by atoms with Crippen LogP contribution in [0.2, 0.25) is 0 Å². The first-order chi connectivity index (χ1) is 12.4. The minimum absolute atomic E-state index is 0.133. The number of fused-ring (bicyclic) bond motifs is 1. The van der Waals surface area contributed by atoms with Gasteiger partial charge in [-0.05, 0) is 24.3 Å². The molecule has 0 aliphatic heterocycles. The Morgan fingerprint density at radius 1 is 1.23 bits per heavy atom. The molecule has 1 aromatic carbocycles. The molecule has 1 amide bonds. The summed E-state index contributed by atoms with van der Waals surface area (Å²) < 4.78 is 43.9. The Morgan fingerprint density at radius 3 is 2.65 bits per heavy atom. The van der Waals surface area contributed by atoms with Gasteiger partial charge < -0.3 is 9.32 Å². The second-order valence-corrected chi connectivity index (χ2v) is 5.64. The maximum absolute atomic E-state index is 12.9. The summed E-state index contributed by atoms with van der Waals surface area (Å²) in [6, 6.07) is 11.6. The lowest BCUT2D eigenvalue weighted by molar-refractivity contribution is -0.139. The van der Waals surface area contributed by atoms with E-state index in [0.717, 1.165) is 0 Å². The van der Waals surface area contributed by atoms with Gasteiger partial charge in [-0.2, -0.15) is 13.2 Å². The summed E-state index contributed by atoms with van der Waals surface area (Å²) >= 11 is 0. The van der Waals surface area contributed by atoms with Gasteiger partial charge in [-0.25, -0.2) is 4.98 Å². The third-order valence-corrected chi connectivity index (χ3v) is 3.73. The molecule has 0 spiro atoms. The SMILES string of the molecule is C=CCN(CC(F)(F)F)C(=O)c1cc(-c2ccco2)nc2ccccc12. The minimum atomic E-state index is -4.51. The Bertz CT molecular complexity index is 934. The second kappa shape index (κ2) is 7.03. The Morgan fingerprint density at radius 2 is 2.00 bits per heavy atom. The lowest BCUT2D eigenvalue weighted by atomic mass is 10.1. The van der Waals surface area contributed by atoms with Gasteiger partial charge in [0.1, 0.15) is 12.2 Å². The Hall–Kier alpha value is -3.09. The average Bonchev–Trinajstić information content (AvgIpc) is 3.13. The fourth-order valence-electron chi connectivity index (χ4n) is 2.66. The van der Waals surface area contributed by atoms with Crippen LogP contribution in [0.4, 0.5) is 13.2 Å². The number of carbonyl (C=O) groups is 1. The number of furan rings is 1. The zero-order valence-electron chi connectivity index (χ0n) is 13.7. The van der Waals surface area contributed by atoms with Crippen LogP contribution >= 0.6 is 0 Å². The van der Waals surface area contributed by atoms with E-state index < -0.39 is 18.6 Å². The number of benzene rings is 1. The molecule has 2 heterocycles. The van der Waals surface area contributed by atoms with E-state index in [1.807, 2.05) is 0 Å². The molecule has 26 heavy (non-hydrogen) atoms. The topological polar surface area (TPSA) is 46.3 Å². The molecule has 0 radical (unpaired) electrons. The number of hydrogen-bond donors (Lipinski definition) is 0. The van der Waals surface area contributed by atoms with Gasteiger partial charge in [-0.15, -0.1) is 6.58 Å². The highest BCUT2D eigenvalue weighted by Crippen LogP contribution is 2.27. The van der Waals surface area contributed by atoms with E-state index in [1.54, 1.807) is 36.4 Å². The zero-order chi connectivity index (χ0) is 18.7. The summed E-state index contributed by atoms with van der Waals surface area (Å²) in [6.45, 7) is 1.86. The number of alkyl halides is 3. The lowest BCUT2D eigenvalue weighted by Crippen LogP contribution is -2.39. The van der Waals surface area contributed by atoms with Crippen LogP contribution in [0.5, 0.6) is 0 Å². The van der Waals surface area contributed by atoms with Crippen molar-refractivity contribution in [3.05, 3.63) is 66.9 Å². The van der Waals surface area contributed by atoms with E-state index in [4.69, 9.17) is 4.42 Å². The van der Waals surface area contributed by atoms with Gasteiger partial charge in [0.15, 0.2) is 5.76 Å². The molecule has 3 aromatic rings. The van der Waals surface area contributed by atoms with E-state index >= 15 is 0 Å². The van der Waals surface area contributed by atoms with Crippen molar-refractivity contribution >= 4 is 16.8 Å². The van der Waals surface area contributed by atoms with Crippen LogP contribution in [-0.2, 0) is 0 Å². The van der Waals surface area contributed by atoms with E-state index in [2.05, 4.69) is 11.6 Å². The van der Waals surface area contributed by atoms with Crippen molar-refractivity contribution in [2.24, 2.45) is 0 Å². The Kier molecular flexibility index (Phi) is 4.79. The molecule has 134 valence electrons. The third-order valence-electron chi connectivity index (χ3n) is 3.73. The zero-order valence-corrected chi connectivity index (χ0v) is 13.7. The van der Waals surface area contributed by atoms with E-state index in [0.29, 0.717) is 27.3 Å². The van der Waals surface area contributed by atoms with Crippen molar-refractivity contribution in [3.8, 4) is 11.5 Å². The molecule has 0 N–H and O–H groups in total. The number of pyridine rings is 1. The molecule has 0 saturated carbocycles. The normalized spacial score (nSPS) is 11.5. The molecular formula is C19H15F3N2O2. The number of rotatable bonds is 5. The van der Waals surface area contributed by atoms with Crippen molar-refractivity contribution in [3.63, 3.8) is 0 Å². The molecule has 7 heteroatoms. The van der Waals surface area contributed by atoms with Gasteiger partial charge in [-0.1, -0.05) is 24.3 Å². The first-order valence-corrected chi connectivity index (χ1v) is 7.79. The largest absolute Gasteiger partial charge is 0.463 e. The van der Waals surface area contributed by atoms with Gasteiger partial charge in [0.05, 0.1) is 17.3 Å². The Labute approximate surface area is 147 Å². The highest BCUT2D eigenvalue weighted by Gasteiger charge is 2.33. The van der Waals surface area contributed by atoms with Gasteiger partial charge in [0.25, 0.3) is 5.91 Å². The molecule has 4 nitrogen and oxygen atoms in total. The fourth-order valence-corrected chi connectivity index (χ4v) is 2.66. The van der Waals surface area contributed by atoms with Crippen molar-refractivity contribution in [2.75, 3.05) is 13.1 Å². The summed E-state index contributed by atoms with van der Waals surface area (Å²) in [5.74, 6) is -0.315. The number of aromatic nitrogens is 1. The first kappa shape index (κ1) is 17.7. The number of hydrogen-bond acceptors (Lipinski definition) is 3. The summed E-state index contributed by atoms with van der Waals surface area (Å²) in [5.41, 5.74) is 1.01. The van der Waals surface area contributed by atoms with Crippen LogP contribution in [-0.4, -0.2) is 35.1 Å². The van der Waals surface area contributed by atoms with Gasteiger partial charge in [-0.3, -0.25) is 4.79 Å². The number of nitrogens with zero attached hydrogens (tertiary/aromatic N) is 2. The van der Waals surface area contributed by atoms with Crippen LogP contribution in [0.25, 0.3) is 22.4 Å². The first-order valence-electron chi connectivity index (χ1n) is 7.79. The smallest absolute Gasteiger partial charge is 0.406 e. The lowest BCUT2D eigenvalue weighted by Gasteiger charge is -2.23.